The molecule has 0 aromatic rings. The molecule has 0 amide bonds. The number of rotatable bonds is 5. The summed E-state index contributed by atoms with van der Waals surface area (Å²) in [7, 11) is 0. The zero-order valence-electron chi connectivity index (χ0n) is 9.04. The highest BCUT2D eigenvalue weighted by molar-refractivity contribution is 4.53. The van der Waals surface area contributed by atoms with E-state index in [1.54, 1.807) is 0 Å². The molecule has 0 aromatic heterocycles. The second-order valence-electron chi connectivity index (χ2n) is 1.54. The van der Waals surface area contributed by atoms with Crippen molar-refractivity contribution in [3.05, 3.63) is 0 Å². The number of hydrogen-bond acceptors (Lipinski definition) is 3. The quantitative estimate of drug-likeness (QED) is 0.473. The normalized spacial score (nSPS) is 20.4. The molecule has 0 rings (SSSR count). The first-order valence-corrected chi connectivity index (χ1v) is 2.66. The third-order valence-corrected chi connectivity index (χ3v) is 0.826. The molecule has 3 nitrogen and oxygen atoms in total. The van der Waals surface area contributed by atoms with Crippen LogP contribution in [0.25, 0.3) is 0 Å². The summed E-state index contributed by atoms with van der Waals surface area (Å²) in [4.78, 5) is 0. The topological polar surface area (TPSA) is 60.7 Å². The molecule has 0 spiro atoms. The summed E-state index contributed by atoms with van der Waals surface area (Å²) >= 11 is 0. The maximum absolute atomic E-state index is 8.67. The first-order valence-electron chi connectivity index (χ1n) is 4.66. The van der Waals surface area contributed by atoms with Crippen LogP contribution in [-0.2, 0) is 0 Å². The van der Waals surface area contributed by atoms with Crippen molar-refractivity contribution in [2.45, 2.75) is 12.7 Å². The maximum Gasteiger partial charge on any atom is 0.0481 e. The SMILES string of the molecule is [2H]C([2H])(CO)C([2H])([2H])C(CO)CO. The second kappa shape index (κ2) is 6.01. The van der Waals surface area contributed by atoms with Crippen molar-refractivity contribution in [3.8, 4) is 0 Å². The van der Waals surface area contributed by atoms with Crippen molar-refractivity contribution in [1.29, 1.82) is 0 Å². The van der Waals surface area contributed by atoms with Gasteiger partial charge in [-0.2, -0.15) is 0 Å². The first-order chi connectivity index (χ1) is 5.83. The minimum atomic E-state index is -2.47. The molecule has 0 saturated heterocycles. The van der Waals surface area contributed by atoms with E-state index < -0.39 is 38.5 Å². The standard InChI is InChI=1S/C6H14O3/c7-3-1-2-6(4-8)5-9/h6-9H,1-5H2/i1D2,2D2. The Morgan fingerprint density at radius 3 is 2.11 bits per heavy atom. The van der Waals surface area contributed by atoms with Gasteiger partial charge in [0.15, 0.2) is 0 Å². The van der Waals surface area contributed by atoms with Crippen LogP contribution in [0.1, 0.15) is 18.2 Å². The summed E-state index contributed by atoms with van der Waals surface area (Å²) in [5.41, 5.74) is 0. The third kappa shape index (κ3) is 4.39. The predicted molar refractivity (Wildman–Crippen MR) is 34.0 cm³/mol. The Labute approximate surface area is 60.6 Å². The molecule has 0 radical (unpaired) electrons. The van der Waals surface area contributed by atoms with Crippen LogP contribution in [0.2, 0.25) is 0 Å². The molecular formula is C6H14O3. The Kier molecular flexibility index (Phi) is 2.61. The van der Waals surface area contributed by atoms with Crippen LogP contribution < -0.4 is 0 Å². The molecule has 0 aromatic carbocycles. The zero-order chi connectivity index (χ0) is 10.7. The Hall–Kier alpha value is -0.120. The number of aliphatic hydroxyl groups is 3. The largest absolute Gasteiger partial charge is 0.396 e. The number of hydrogen-bond donors (Lipinski definition) is 3. The third-order valence-electron chi connectivity index (χ3n) is 0.826. The van der Waals surface area contributed by atoms with E-state index in [1.807, 2.05) is 0 Å². The minimum absolute atomic E-state index is 0.664. The van der Waals surface area contributed by atoms with Crippen LogP contribution in [-0.4, -0.2) is 35.1 Å². The van der Waals surface area contributed by atoms with Crippen LogP contribution in [0.15, 0.2) is 0 Å². The monoisotopic (exact) mass is 138 g/mol. The average molecular weight is 138 g/mol. The molecule has 0 heterocycles. The van der Waals surface area contributed by atoms with Gasteiger partial charge >= 0.3 is 0 Å². The van der Waals surface area contributed by atoms with E-state index in [-0.39, 0.29) is 0 Å². The Morgan fingerprint density at radius 1 is 1.22 bits per heavy atom. The predicted octanol–water partition coefficient (Wildman–Crippen LogP) is -0.640. The van der Waals surface area contributed by atoms with Crippen molar-refractivity contribution in [1.82, 2.24) is 0 Å². The molecular weight excluding hydrogens is 120 g/mol. The fraction of sp³-hybridized carbons (Fsp3) is 1.00. The summed E-state index contributed by atoms with van der Waals surface area (Å²) in [6, 6.07) is 0. The molecule has 56 valence electrons. The van der Waals surface area contributed by atoms with Crippen LogP contribution in [0.3, 0.4) is 0 Å². The lowest BCUT2D eigenvalue weighted by Crippen LogP contribution is -2.11. The van der Waals surface area contributed by atoms with Crippen LogP contribution in [0.4, 0.5) is 0 Å². The van der Waals surface area contributed by atoms with Gasteiger partial charge in [0.05, 0.1) is 0 Å². The first kappa shape index (κ1) is 3.91. The fourth-order valence-corrected chi connectivity index (χ4v) is 0.339. The van der Waals surface area contributed by atoms with Crippen molar-refractivity contribution >= 4 is 0 Å². The van der Waals surface area contributed by atoms with Gasteiger partial charge < -0.3 is 15.3 Å². The van der Waals surface area contributed by atoms with Crippen molar-refractivity contribution in [2.24, 2.45) is 5.92 Å². The van der Waals surface area contributed by atoms with Crippen LogP contribution in [0, 0.1) is 5.92 Å². The van der Waals surface area contributed by atoms with Crippen LogP contribution >= 0.6 is 0 Å². The van der Waals surface area contributed by atoms with Gasteiger partial charge in [0.1, 0.15) is 0 Å². The van der Waals surface area contributed by atoms with Gasteiger partial charge in [0.25, 0.3) is 0 Å². The van der Waals surface area contributed by atoms with Crippen LogP contribution in [0.5, 0.6) is 0 Å². The van der Waals surface area contributed by atoms with E-state index in [0.717, 1.165) is 0 Å². The van der Waals surface area contributed by atoms with Gasteiger partial charge in [0.2, 0.25) is 0 Å². The number of aliphatic hydroxyl groups excluding tert-OH is 3. The molecule has 3 heteroatoms. The van der Waals surface area contributed by atoms with Gasteiger partial charge in [-0.3, -0.25) is 0 Å². The van der Waals surface area contributed by atoms with Gasteiger partial charge in [-0.15, -0.1) is 0 Å². The molecule has 3 N–H and O–H groups in total. The van der Waals surface area contributed by atoms with Gasteiger partial charge in [-0.25, -0.2) is 0 Å². The van der Waals surface area contributed by atoms with Crippen molar-refractivity contribution < 1.29 is 20.8 Å². The minimum Gasteiger partial charge on any atom is -0.396 e. The van der Waals surface area contributed by atoms with Gasteiger partial charge in [0, 0.05) is 31.2 Å². The fourth-order valence-electron chi connectivity index (χ4n) is 0.339. The molecule has 0 bridgehead atoms. The Morgan fingerprint density at radius 2 is 1.78 bits per heavy atom. The average Bonchev–Trinajstić information content (AvgIpc) is 2.06. The summed E-state index contributed by atoms with van der Waals surface area (Å²) in [5.74, 6) is -1.23. The molecule has 0 saturated carbocycles. The lowest BCUT2D eigenvalue weighted by atomic mass is 10.1. The van der Waals surface area contributed by atoms with E-state index in [9.17, 15) is 0 Å². The Balaban J connectivity index is 4.70. The summed E-state index contributed by atoms with van der Waals surface area (Å²) in [6.07, 6.45) is -4.92. The molecule has 0 fully saturated rings. The molecule has 0 aliphatic carbocycles. The lowest BCUT2D eigenvalue weighted by molar-refractivity contribution is 0.136. The Bertz CT molecular complexity index is 158. The summed E-state index contributed by atoms with van der Waals surface area (Å²) in [6.45, 7) is -2.32. The van der Waals surface area contributed by atoms with E-state index in [4.69, 9.17) is 20.8 Å². The highest BCUT2D eigenvalue weighted by atomic mass is 16.3. The van der Waals surface area contributed by atoms with E-state index in [0.29, 0.717) is 0 Å². The van der Waals surface area contributed by atoms with E-state index in [2.05, 4.69) is 0 Å². The summed E-state index contributed by atoms with van der Waals surface area (Å²) in [5, 5.41) is 25.9. The molecule has 9 heavy (non-hydrogen) atoms. The maximum atomic E-state index is 8.67. The van der Waals surface area contributed by atoms with E-state index in [1.165, 1.54) is 0 Å². The molecule has 0 aliphatic rings. The lowest BCUT2D eigenvalue weighted by Gasteiger charge is -2.07. The smallest absolute Gasteiger partial charge is 0.0481 e. The highest BCUT2D eigenvalue weighted by Crippen LogP contribution is 2.02. The molecule has 0 aliphatic heterocycles. The van der Waals surface area contributed by atoms with Crippen molar-refractivity contribution in [3.63, 3.8) is 0 Å². The molecule has 0 atom stereocenters. The van der Waals surface area contributed by atoms with E-state index >= 15 is 0 Å². The molecule has 0 unspecified atom stereocenters. The summed E-state index contributed by atoms with van der Waals surface area (Å²) < 4.78 is 28.9. The van der Waals surface area contributed by atoms with Gasteiger partial charge in [-0.05, 0) is 12.7 Å². The van der Waals surface area contributed by atoms with Crippen molar-refractivity contribution in [2.75, 3.05) is 19.8 Å². The second-order valence-corrected chi connectivity index (χ2v) is 1.54. The van der Waals surface area contributed by atoms with Gasteiger partial charge in [-0.1, -0.05) is 0 Å². The zero-order valence-corrected chi connectivity index (χ0v) is 5.04. The highest BCUT2D eigenvalue weighted by Gasteiger charge is 2.03.